The van der Waals surface area contributed by atoms with Crippen LogP contribution in [-0.4, -0.2) is 52.6 Å². The molecular formula is C9H17N2O2+. The van der Waals surface area contributed by atoms with Crippen LogP contribution >= 0.6 is 0 Å². The maximum atomic E-state index is 10.7. The number of aliphatic carboxylic acids is 1. The Kier molecular flexibility index (Phi) is 2.32. The SMILES string of the molecule is CC1=[N+](C)CC(C)(CC(=O)O)N1C. The van der Waals surface area contributed by atoms with E-state index in [0.717, 1.165) is 12.4 Å². The highest BCUT2D eigenvalue weighted by Crippen LogP contribution is 2.23. The van der Waals surface area contributed by atoms with Gasteiger partial charge in [0.25, 0.3) is 0 Å². The molecule has 0 aromatic heterocycles. The Morgan fingerprint density at radius 3 is 2.62 bits per heavy atom. The molecule has 1 rings (SSSR count). The zero-order valence-corrected chi connectivity index (χ0v) is 8.66. The number of hydrogen-bond donors (Lipinski definition) is 1. The second-order valence-electron chi connectivity index (χ2n) is 4.03. The Labute approximate surface area is 78.5 Å². The van der Waals surface area contributed by atoms with Gasteiger partial charge in [-0.05, 0) is 6.92 Å². The molecule has 0 radical (unpaired) electrons. The van der Waals surface area contributed by atoms with E-state index in [1.165, 1.54) is 0 Å². The second-order valence-corrected chi connectivity index (χ2v) is 4.03. The van der Waals surface area contributed by atoms with Crippen molar-refractivity contribution in [2.45, 2.75) is 25.8 Å². The van der Waals surface area contributed by atoms with Gasteiger partial charge in [0.1, 0.15) is 6.54 Å². The van der Waals surface area contributed by atoms with E-state index in [1.807, 2.05) is 32.8 Å². The molecule has 0 aromatic rings. The molecular weight excluding hydrogens is 168 g/mol. The molecule has 0 saturated heterocycles. The molecule has 0 saturated carbocycles. The largest absolute Gasteiger partial charge is 0.481 e. The van der Waals surface area contributed by atoms with Crippen molar-refractivity contribution in [3.8, 4) is 0 Å². The van der Waals surface area contributed by atoms with Gasteiger partial charge < -0.3 is 5.11 Å². The number of amidine groups is 1. The normalized spacial score (nSPS) is 28.5. The van der Waals surface area contributed by atoms with Crippen LogP contribution in [0.3, 0.4) is 0 Å². The number of nitrogens with zero attached hydrogens (tertiary/aromatic N) is 2. The van der Waals surface area contributed by atoms with Crippen molar-refractivity contribution >= 4 is 11.8 Å². The first-order valence-electron chi connectivity index (χ1n) is 4.37. The van der Waals surface area contributed by atoms with Gasteiger partial charge >= 0.3 is 5.97 Å². The summed E-state index contributed by atoms with van der Waals surface area (Å²) >= 11 is 0. The van der Waals surface area contributed by atoms with Crippen molar-refractivity contribution in [3.05, 3.63) is 0 Å². The average Bonchev–Trinajstić information content (AvgIpc) is 2.14. The van der Waals surface area contributed by atoms with E-state index in [9.17, 15) is 4.79 Å². The van der Waals surface area contributed by atoms with Crippen molar-refractivity contribution in [1.82, 2.24) is 4.90 Å². The summed E-state index contributed by atoms with van der Waals surface area (Å²) in [6.07, 6.45) is 0.186. The van der Waals surface area contributed by atoms with Crippen LogP contribution in [-0.2, 0) is 4.79 Å². The van der Waals surface area contributed by atoms with Crippen LogP contribution < -0.4 is 0 Å². The molecule has 74 valence electrons. The fourth-order valence-corrected chi connectivity index (χ4v) is 1.88. The van der Waals surface area contributed by atoms with Crippen molar-refractivity contribution in [2.24, 2.45) is 0 Å². The quantitative estimate of drug-likeness (QED) is 0.626. The standard InChI is InChI=1S/C9H16N2O2/c1-7-10(3)6-9(2,11(7)4)5-8(12)13/h5-6H2,1-4H3/p+1. The molecule has 1 aliphatic heterocycles. The van der Waals surface area contributed by atoms with E-state index in [0.29, 0.717) is 0 Å². The van der Waals surface area contributed by atoms with Crippen LogP contribution in [0.2, 0.25) is 0 Å². The summed E-state index contributed by atoms with van der Waals surface area (Å²) in [5.74, 6) is 0.390. The van der Waals surface area contributed by atoms with Crippen molar-refractivity contribution in [1.29, 1.82) is 0 Å². The molecule has 1 N–H and O–H groups in total. The van der Waals surface area contributed by atoms with Crippen molar-refractivity contribution < 1.29 is 14.5 Å². The van der Waals surface area contributed by atoms with Crippen LogP contribution in [0.1, 0.15) is 20.3 Å². The van der Waals surface area contributed by atoms with Gasteiger partial charge in [-0.3, -0.25) is 14.3 Å². The Balaban J connectivity index is 2.82. The molecule has 0 bridgehead atoms. The third-order valence-corrected chi connectivity index (χ3v) is 2.96. The lowest BCUT2D eigenvalue weighted by Gasteiger charge is -2.24. The van der Waals surface area contributed by atoms with Crippen LogP contribution in [0.5, 0.6) is 0 Å². The van der Waals surface area contributed by atoms with E-state index < -0.39 is 5.97 Å². The van der Waals surface area contributed by atoms with Gasteiger partial charge in [-0.2, -0.15) is 0 Å². The van der Waals surface area contributed by atoms with Crippen LogP contribution in [0.15, 0.2) is 0 Å². The maximum absolute atomic E-state index is 10.7. The number of hydrogen-bond acceptors (Lipinski definition) is 2. The fraction of sp³-hybridized carbons (Fsp3) is 0.778. The third kappa shape index (κ3) is 1.66. The molecule has 4 heteroatoms. The number of carbonyl (C=O) groups is 1. The molecule has 1 heterocycles. The van der Waals surface area contributed by atoms with Gasteiger partial charge in [-0.1, -0.05) is 0 Å². The minimum absolute atomic E-state index is 0.186. The van der Waals surface area contributed by atoms with E-state index >= 15 is 0 Å². The molecule has 0 spiro atoms. The van der Waals surface area contributed by atoms with Gasteiger partial charge in [0.15, 0.2) is 5.54 Å². The fourth-order valence-electron chi connectivity index (χ4n) is 1.88. The van der Waals surface area contributed by atoms with Gasteiger partial charge in [0, 0.05) is 6.92 Å². The van der Waals surface area contributed by atoms with Gasteiger partial charge in [0.05, 0.1) is 20.5 Å². The summed E-state index contributed by atoms with van der Waals surface area (Å²) in [6.45, 7) is 4.77. The molecule has 1 atom stereocenters. The zero-order chi connectivity index (χ0) is 10.2. The smallest absolute Gasteiger partial charge is 0.308 e. The lowest BCUT2D eigenvalue weighted by Crippen LogP contribution is -2.45. The highest BCUT2D eigenvalue weighted by molar-refractivity contribution is 5.78. The minimum atomic E-state index is -0.738. The number of carboxylic acids is 1. The predicted molar refractivity (Wildman–Crippen MR) is 50.2 cm³/mol. The maximum Gasteiger partial charge on any atom is 0.308 e. The Morgan fingerprint density at radius 1 is 1.77 bits per heavy atom. The van der Waals surface area contributed by atoms with Gasteiger partial charge in [0.2, 0.25) is 5.84 Å². The highest BCUT2D eigenvalue weighted by atomic mass is 16.4. The van der Waals surface area contributed by atoms with E-state index in [-0.39, 0.29) is 12.0 Å². The van der Waals surface area contributed by atoms with E-state index in [1.54, 1.807) is 0 Å². The Hall–Kier alpha value is -1.06. The number of carboxylic acid groups (broad SMARTS) is 1. The first kappa shape index (κ1) is 10.0. The molecule has 1 unspecified atom stereocenters. The molecule has 0 aliphatic carbocycles. The summed E-state index contributed by atoms with van der Waals surface area (Å²) < 4.78 is 2.09. The summed E-state index contributed by atoms with van der Waals surface area (Å²) in [5, 5.41) is 8.77. The van der Waals surface area contributed by atoms with Crippen molar-refractivity contribution in [3.63, 3.8) is 0 Å². The Morgan fingerprint density at radius 2 is 2.31 bits per heavy atom. The summed E-state index contributed by atoms with van der Waals surface area (Å²) in [6, 6.07) is 0. The molecule has 13 heavy (non-hydrogen) atoms. The summed E-state index contributed by atoms with van der Waals surface area (Å²) in [7, 11) is 3.93. The molecule has 0 amide bonds. The van der Waals surface area contributed by atoms with Crippen molar-refractivity contribution in [2.75, 3.05) is 20.6 Å². The van der Waals surface area contributed by atoms with Gasteiger partial charge in [-0.25, -0.2) is 0 Å². The second kappa shape index (κ2) is 3.01. The lowest BCUT2D eigenvalue weighted by molar-refractivity contribution is -0.494. The van der Waals surface area contributed by atoms with Crippen LogP contribution in [0, 0.1) is 0 Å². The zero-order valence-electron chi connectivity index (χ0n) is 8.66. The third-order valence-electron chi connectivity index (χ3n) is 2.96. The first-order chi connectivity index (χ1) is 5.87. The van der Waals surface area contributed by atoms with Gasteiger partial charge in [-0.15, -0.1) is 0 Å². The van der Waals surface area contributed by atoms with E-state index in [2.05, 4.69) is 4.58 Å². The summed E-state index contributed by atoms with van der Waals surface area (Å²) in [4.78, 5) is 12.7. The number of likely N-dealkylation sites (N-methyl/N-ethyl adjacent to an activating group) is 2. The lowest BCUT2D eigenvalue weighted by atomic mass is 9.97. The number of rotatable bonds is 2. The molecule has 0 aromatic carbocycles. The van der Waals surface area contributed by atoms with Crippen LogP contribution in [0.25, 0.3) is 0 Å². The summed E-state index contributed by atoms with van der Waals surface area (Å²) in [5.41, 5.74) is -0.259. The minimum Gasteiger partial charge on any atom is -0.481 e. The average molecular weight is 185 g/mol. The monoisotopic (exact) mass is 185 g/mol. The predicted octanol–water partition coefficient (Wildman–Crippen LogP) is 0.226. The highest BCUT2D eigenvalue weighted by Gasteiger charge is 2.45. The first-order valence-corrected chi connectivity index (χ1v) is 4.37. The van der Waals surface area contributed by atoms with E-state index in [4.69, 9.17) is 5.11 Å². The van der Waals surface area contributed by atoms with Crippen LogP contribution in [0.4, 0.5) is 0 Å². The molecule has 4 nitrogen and oxygen atoms in total. The molecule has 0 fully saturated rings. The Bertz CT molecular complexity index is 273. The molecule has 1 aliphatic rings. The topological polar surface area (TPSA) is 43.6 Å².